The van der Waals surface area contributed by atoms with Gasteiger partial charge in [0.05, 0.1) is 34.2 Å². The van der Waals surface area contributed by atoms with Crippen LogP contribution in [0.25, 0.3) is 10.9 Å². The van der Waals surface area contributed by atoms with Gasteiger partial charge in [-0.05, 0) is 80.9 Å². The van der Waals surface area contributed by atoms with Crippen LogP contribution in [0.2, 0.25) is 0 Å². The molecule has 0 fully saturated rings. The first kappa shape index (κ1) is 20.1. The minimum absolute atomic E-state index is 0.228. The summed E-state index contributed by atoms with van der Waals surface area (Å²) in [5.74, 6) is -1.18. The van der Waals surface area contributed by atoms with E-state index in [-0.39, 0.29) is 16.9 Å². The summed E-state index contributed by atoms with van der Waals surface area (Å²) in [4.78, 5) is 15.7. The number of carbonyl (C=O) groups is 1. The molecule has 7 heteroatoms. The lowest BCUT2D eigenvalue weighted by Crippen LogP contribution is -2.52. The Morgan fingerprint density at radius 1 is 1.06 bits per heavy atom. The summed E-state index contributed by atoms with van der Waals surface area (Å²) in [5, 5.41) is 17.5. The average Bonchev–Trinajstić information content (AvgIpc) is 3.21. The van der Waals surface area contributed by atoms with E-state index in [2.05, 4.69) is 46.0 Å². The minimum atomic E-state index is -0.951. The number of aromatic carboxylic acids is 1. The van der Waals surface area contributed by atoms with E-state index >= 15 is 0 Å². The zero-order chi connectivity index (χ0) is 22.6. The minimum Gasteiger partial charge on any atom is -0.478 e. The monoisotopic (exact) mass is 430 g/mol. The molecule has 5 rings (SSSR count). The normalized spacial score (nSPS) is 15.1. The molecule has 2 N–H and O–H groups in total. The summed E-state index contributed by atoms with van der Waals surface area (Å²) in [6.07, 6.45) is 1.79. The molecule has 0 saturated heterocycles. The molecule has 162 valence electrons. The van der Waals surface area contributed by atoms with Crippen LogP contribution in [0.1, 0.15) is 29.8 Å². The number of aromatic amines is 1. The molecule has 0 radical (unpaired) electrons. The van der Waals surface area contributed by atoms with E-state index < -0.39 is 5.97 Å². The third-order valence-electron chi connectivity index (χ3n) is 6.04. The van der Waals surface area contributed by atoms with Crippen molar-refractivity contribution >= 4 is 39.6 Å². The summed E-state index contributed by atoms with van der Waals surface area (Å²) < 4.78 is 14.0. The fraction of sp³-hybridized carbons (Fsp3) is 0.200. The van der Waals surface area contributed by atoms with Crippen molar-refractivity contribution in [2.75, 3.05) is 16.3 Å². The summed E-state index contributed by atoms with van der Waals surface area (Å²) in [6, 6.07) is 16.2. The third-order valence-corrected chi connectivity index (χ3v) is 6.04. The number of benzene rings is 3. The number of halogens is 1. The van der Waals surface area contributed by atoms with E-state index in [9.17, 15) is 14.3 Å². The van der Waals surface area contributed by atoms with Crippen molar-refractivity contribution in [3.05, 3.63) is 77.7 Å². The molecule has 3 aromatic carbocycles. The van der Waals surface area contributed by atoms with E-state index in [1.807, 2.05) is 24.3 Å². The van der Waals surface area contributed by atoms with E-state index in [1.165, 1.54) is 6.07 Å². The Kier molecular flexibility index (Phi) is 4.44. The summed E-state index contributed by atoms with van der Waals surface area (Å²) in [7, 11) is 0. The standard InChI is InChI=1S/C25H23FN4O2/c1-15-10-19(8-9-20(15)26)30-23-11-17-13-27-28-21(17)12-22(23)29(14-25(30,2)3)18-6-4-16(5-7-18)24(31)32/h4-13H,14H2,1-3H3,(H,27,28)(H,31,32). The molecule has 4 aromatic rings. The molecular formula is C25H23FN4O2. The number of carboxylic acid groups (broad SMARTS) is 1. The van der Waals surface area contributed by atoms with Gasteiger partial charge in [0.15, 0.2) is 0 Å². The number of H-pyrrole nitrogens is 1. The highest BCUT2D eigenvalue weighted by molar-refractivity contribution is 5.96. The van der Waals surface area contributed by atoms with Crippen LogP contribution in [0.15, 0.2) is 60.8 Å². The third kappa shape index (κ3) is 3.17. The Labute approximate surface area is 184 Å². The summed E-state index contributed by atoms with van der Waals surface area (Å²) >= 11 is 0. The zero-order valence-electron chi connectivity index (χ0n) is 18.1. The summed E-state index contributed by atoms with van der Waals surface area (Å²) in [6.45, 7) is 6.70. The van der Waals surface area contributed by atoms with Gasteiger partial charge in [-0.3, -0.25) is 5.10 Å². The lowest BCUT2D eigenvalue weighted by molar-refractivity contribution is 0.0697. The molecule has 2 heterocycles. The Hall–Kier alpha value is -3.87. The van der Waals surface area contributed by atoms with Gasteiger partial charge in [-0.15, -0.1) is 0 Å². The SMILES string of the molecule is Cc1cc(N2c3cc4cn[nH]c4cc3N(c3ccc(C(=O)O)cc3)CC2(C)C)ccc1F. The van der Waals surface area contributed by atoms with Gasteiger partial charge in [0.1, 0.15) is 5.82 Å². The van der Waals surface area contributed by atoms with Crippen LogP contribution in [0.4, 0.5) is 27.1 Å². The maximum Gasteiger partial charge on any atom is 0.335 e. The first-order valence-corrected chi connectivity index (χ1v) is 10.4. The van der Waals surface area contributed by atoms with Gasteiger partial charge in [0.25, 0.3) is 0 Å². The van der Waals surface area contributed by atoms with Crippen LogP contribution < -0.4 is 9.80 Å². The Balaban J connectivity index is 1.72. The van der Waals surface area contributed by atoms with E-state index in [1.54, 1.807) is 25.3 Å². The predicted molar refractivity (Wildman–Crippen MR) is 124 cm³/mol. The number of carboxylic acids is 1. The fourth-order valence-corrected chi connectivity index (χ4v) is 4.50. The smallest absolute Gasteiger partial charge is 0.335 e. The van der Waals surface area contributed by atoms with Crippen molar-refractivity contribution in [2.24, 2.45) is 0 Å². The summed E-state index contributed by atoms with van der Waals surface area (Å²) in [5.41, 5.74) is 5.16. The molecule has 6 nitrogen and oxygen atoms in total. The lowest BCUT2D eigenvalue weighted by atomic mass is 9.93. The first-order valence-electron chi connectivity index (χ1n) is 10.4. The van der Waals surface area contributed by atoms with Crippen LogP contribution >= 0.6 is 0 Å². The van der Waals surface area contributed by atoms with Crippen molar-refractivity contribution in [1.82, 2.24) is 10.2 Å². The highest BCUT2D eigenvalue weighted by Crippen LogP contribution is 2.48. The number of nitrogens with one attached hydrogen (secondary N) is 1. The van der Waals surface area contributed by atoms with Crippen molar-refractivity contribution in [2.45, 2.75) is 26.3 Å². The van der Waals surface area contributed by atoms with Crippen molar-refractivity contribution < 1.29 is 14.3 Å². The highest BCUT2D eigenvalue weighted by atomic mass is 19.1. The van der Waals surface area contributed by atoms with Gasteiger partial charge in [-0.1, -0.05) is 0 Å². The van der Waals surface area contributed by atoms with E-state index in [4.69, 9.17) is 0 Å². The molecule has 0 unspecified atom stereocenters. The zero-order valence-corrected chi connectivity index (χ0v) is 18.1. The second-order valence-corrected chi connectivity index (χ2v) is 8.82. The van der Waals surface area contributed by atoms with E-state index in [0.717, 1.165) is 33.7 Å². The fourth-order valence-electron chi connectivity index (χ4n) is 4.50. The van der Waals surface area contributed by atoms with Gasteiger partial charge in [0.2, 0.25) is 0 Å². The van der Waals surface area contributed by atoms with Crippen LogP contribution in [0.3, 0.4) is 0 Å². The predicted octanol–water partition coefficient (Wildman–Crippen LogP) is 5.78. The second-order valence-electron chi connectivity index (χ2n) is 8.82. The van der Waals surface area contributed by atoms with Crippen LogP contribution in [-0.2, 0) is 0 Å². The Morgan fingerprint density at radius 3 is 2.47 bits per heavy atom. The molecule has 0 saturated carbocycles. The quantitative estimate of drug-likeness (QED) is 0.431. The van der Waals surface area contributed by atoms with Gasteiger partial charge < -0.3 is 14.9 Å². The largest absolute Gasteiger partial charge is 0.478 e. The highest BCUT2D eigenvalue weighted by Gasteiger charge is 2.38. The number of rotatable bonds is 3. The van der Waals surface area contributed by atoms with Crippen molar-refractivity contribution in [3.63, 3.8) is 0 Å². The average molecular weight is 430 g/mol. The topological polar surface area (TPSA) is 72.5 Å². The molecule has 0 amide bonds. The van der Waals surface area contributed by atoms with Crippen molar-refractivity contribution in [3.8, 4) is 0 Å². The number of hydrogen-bond donors (Lipinski definition) is 2. The molecule has 1 aliphatic heterocycles. The Bertz CT molecular complexity index is 1340. The molecule has 1 aromatic heterocycles. The molecule has 0 bridgehead atoms. The van der Waals surface area contributed by atoms with Gasteiger partial charge in [0, 0.05) is 23.3 Å². The molecule has 0 atom stereocenters. The van der Waals surface area contributed by atoms with Gasteiger partial charge in [-0.25, -0.2) is 9.18 Å². The van der Waals surface area contributed by atoms with E-state index in [0.29, 0.717) is 12.1 Å². The van der Waals surface area contributed by atoms with Gasteiger partial charge in [-0.2, -0.15) is 5.10 Å². The number of hydrogen-bond acceptors (Lipinski definition) is 4. The molecule has 0 aliphatic carbocycles. The second kappa shape index (κ2) is 7.09. The number of fused-ring (bicyclic) bond motifs is 2. The molecular weight excluding hydrogens is 407 g/mol. The maximum absolute atomic E-state index is 14.0. The number of aryl methyl sites for hydroxylation is 1. The lowest BCUT2D eigenvalue weighted by Gasteiger charge is -2.50. The number of anilines is 4. The van der Waals surface area contributed by atoms with Crippen LogP contribution in [0, 0.1) is 12.7 Å². The number of nitrogens with zero attached hydrogens (tertiary/aromatic N) is 3. The Morgan fingerprint density at radius 2 is 1.78 bits per heavy atom. The molecule has 1 aliphatic rings. The van der Waals surface area contributed by atoms with Crippen molar-refractivity contribution in [1.29, 1.82) is 0 Å². The molecule has 32 heavy (non-hydrogen) atoms. The van der Waals surface area contributed by atoms with Gasteiger partial charge >= 0.3 is 5.97 Å². The molecule has 0 spiro atoms. The first-order chi connectivity index (χ1) is 15.2. The number of aromatic nitrogens is 2. The maximum atomic E-state index is 14.0. The van der Waals surface area contributed by atoms with Crippen LogP contribution in [0.5, 0.6) is 0 Å². The van der Waals surface area contributed by atoms with Crippen LogP contribution in [-0.4, -0.2) is 33.4 Å².